The van der Waals surface area contributed by atoms with Crippen LogP contribution in [0.3, 0.4) is 0 Å². The molecule has 0 saturated carbocycles. The molecule has 1 unspecified atom stereocenters. The van der Waals surface area contributed by atoms with Gasteiger partial charge >= 0.3 is 0 Å². The lowest BCUT2D eigenvalue weighted by molar-refractivity contribution is -0.127. The van der Waals surface area contributed by atoms with E-state index in [0.29, 0.717) is 19.0 Å². The van der Waals surface area contributed by atoms with Crippen molar-refractivity contribution >= 4 is 11.9 Å². The van der Waals surface area contributed by atoms with E-state index in [9.17, 15) is 4.79 Å². The summed E-state index contributed by atoms with van der Waals surface area (Å²) < 4.78 is 10.7. The maximum atomic E-state index is 12.1. The predicted molar refractivity (Wildman–Crippen MR) is 126 cm³/mol. The summed E-state index contributed by atoms with van der Waals surface area (Å²) in [6.07, 6.45) is 4.84. The number of benzene rings is 1. The Kier molecular flexibility index (Phi) is 8.98. The third kappa shape index (κ3) is 7.02. The molecule has 32 heavy (non-hydrogen) atoms. The van der Waals surface area contributed by atoms with Crippen molar-refractivity contribution in [2.24, 2.45) is 4.99 Å². The second-order valence-electron chi connectivity index (χ2n) is 8.12. The van der Waals surface area contributed by atoms with Gasteiger partial charge in [-0.2, -0.15) is 0 Å². The van der Waals surface area contributed by atoms with Crippen LogP contribution < -0.4 is 15.4 Å². The molecular formula is C24H35N5O3. The van der Waals surface area contributed by atoms with Crippen molar-refractivity contribution in [3.8, 4) is 5.75 Å². The van der Waals surface area contributed by atoms with Crippen LogP contribution in [-0.4, -0.2) is 75.6 Å². The highest BCUT2D eigenvalue weighted by molar-refractivity contribution is 5.84. The van der Waals surface area contributed by atoms with Gasteiger partial charge in [0.2, 0.25) is 5.91 Å². The largest absolute Gasteiger partial charge is 0.497 e. The zero-order chi connectivity index (χ0) is 22.8. The Hall–Kier alpha value is -3.00. The minimum Gasteiger partial charge on any atom is -0.497 e. The fourth-order valence-corrected chi connectivity index (χ4v) is 3.75. The number of carbonyl (C=O) groups is 1. The highest BCUT2D eigenvalue weighted by Gasteiger charge is 2.24. The molecule has 174 valence electrons. The molecule has 1 fully saturated rings. The Morgan fingerprint density at radius 3 is 2.56 bits per heavy atom. The zero-order valence-corrected chi connectivity index (χ0v) is 19.3. The fraction of sp³-hybridized carbons (Fsp3) is 0.500. The molecule has 0 bridgehead atoms. The third-order valence-corrected chi connectivity index (χ3v) is 5.66. The number of furan rings is 1. The lowest BCUT2D eigenvalue weighted by atomic mass is 10.1. The van der Waals surface area contributed by atoms with Gasteiger partial charge in [0.05, 0.1) is 19.4 Å². The lowest BCUT2D eigenvalue weighted by Gasteiger charge is -2.29. The summed E-state index contributed by atoms with van der Waals surface area (Å²) >= 11 is 0. The van der Waals surface area contributed by atoms with Crippen LogP contribution in [0.15, 0.2) is 52.1 Å². The molecule has 0 spiro atoms. The summed E-state index contributed by atoms with van der Waals surface area (Å²) in [6, 6.07) is 12.3. The Morgan fingerprint density at radius 1 is 1.19 bits per heavy atom. The molecule has 1 aromatic heterocycles. The van der Waals surface area contributed by atoms with Gasteiger partial charge in [0, 0.05) is 33.6 Å². The number of rotatable bonds is 10. The quantitative estimate of drug-likeness (QED) is 0.435. The van der Waals surface area contributed by atoms with Gasteiger partial charge in [-0.25, -0.2) is 4.99 Å². The summed E-state index contributed by atoms with van der Waals surface area (Å²) in [4.78, 5) is 20.6. The molecule has 8 nitrogen and oxygen atoms in total. The number of nitrogens with zero attached hydrogens (tertiary/aromatic N) is 3. The first kappa shape index (κ1) is 23.7. The van der Waals surface area contributed by atoms with Crippen LogP contribution in [0.2, 0.25) is 0 Å². The molecule has 1 aliphatic heterocycles. The van der Waals surface area contributed by atoms with E-state index in [4.69, 9.17) is 9.15 Å². The number of aliphatic imine (C=N–C) groups is 1. The summed E-state index contributed by atoms with van der Waals surface area (Å²) in [6.45, 7) is 3.60. The topological polar surface area (TPSA) is 82.3 Å². The average Bonchev–Trinajstić information content (AvgIpc) is 3.52. The molecule has 1 saturated heterocycles. The van der Waals surface area contributed by atoms with Crippen LogP contribution in [0.4, 0.5) is 0 Å². The van der Waals surface area contributed by atoms with E-state index in [1.54, 1.807) is 32.4 Å². The van der Waals surface area contributed by atoms with Crippen LogP contribution in [0.25, 0.3) is 0 Å². The van der Waals surface area contributed by atoms with Crippen molar-refractivity contribution in [3.63, 3.8) is 0 Å². The third-order valence-electron chi connectivity index (χ3n) is 5.66. The second-order valence-corrected chi connectivity index (χ2v) is 8.12. The first-order valence-corrected chi connectivity index (χ1v) is 11.2. The number of amides is 1. The van der Waals surface area contributed by atoms with Gasteiger partial charge in [0.1, 0.15) is 18.1 Å². The van der Waals surface area contributed by atoms with Crippen molar-refractivity contribution in [1.82, 2.24) is 20.4 Å². The monoisotopic (exact) mass is 441 g/mol. The number of ether oxygens (including phenoxy) is 1. The molecule has 1 aromatic carbocycles. The van der Waals surface area contributed by atoms with E-state index in [0.717, 1.165) is 31.0 Å². The van der Waals surface area contributed by atoms with E-state index < -0.39 is 0 Å². The van der Waals surface area contributed by atoms with Gasteiger partial charge in [0.15, 0.2) is 5.96 Å². The van der Waals surface area contributed by atoms with E-state index >= 15 is 0 Å². The van der Waals surface area contributed by atoms with Gasteiger partial charge in [0.25, 0.3) is 0 Å². The Bertz CT molecular complexity index is 843. The first-order valence-electron chi connectivity index (χ1n) is 11.2. The number of guanidine groups is 1. The van der Waals surface area contributed by atoms with Crippen molar-refractivity contribution < 1.29 is 13.9 Å². The van der Waals surface area contributed by atoms with E-state index in [1.807, 2.05) is 24.3 Å². The molecule has 8 heteroatoms. The van der Waals surface area contributed by atoms with Crippen LogP contribution in [-0.2, 0) is 11.2 Å². The van der Waals surface area contributed by atoms with Gasteiger partial charge in [-0.15, -0.1) is 0 Å². The number of methoxy groups -OCH3 is 1. The van der Waals surface area contributed by atoms with Crippen molar-refractivity contribution in [1.29, 1.82) is 0 Å². The summed E-state index contributed by atoms with van der Waals surface area (Å²) in [7, 11) is 5.16. The Morgan fingerprint density at radius 2 is 1.94 bits per heavy atom. The summed E-state index contributed by atoms with van der Waals surface area (Å²) in [5.74, 6) is 2.35. The summed E-state index contributed by atoms with van der Waals surface area (Å²) in [5.41, 5.74) is 1.24. The number of likely N-dealkylation sites (tertiary alicyclic amines) is 1. The Labute approximate surface area is 190 Å². The average molecular weight is 442 g/mol. The van der Waals surface area contributed by atoms with Crippen LogP contribution in [0.5, 0.6) is 5.75 Å². The van der Waals surface area contributed by atoms with Gasteiger partial charge in [-0.1, -0.05) is 12.1 Å². The molecule has 0 radical (unpaired) electrons. The summed E-state index contributed by atoms with van der Waals surface area (Å²) in [5, 5.41) is 6.80. The van der Waals surface area contributed by atoms with Crippen LogP contribution in [0, 0.1) is 0 Å². The SMILES string of the molecule is COc1ccc(C(CNC(=NCC(=O)N(C)C)NCCc2ccco2)N2CCCC2)cc1. The molecule has 1 amide bonds. The molecule has 2 N–H and O–H groups in total. The maximum absolute atomic E-state index is 12.1. The van der Waals surface area contributed by atoms with Gasteiger partial charge in [-0.3, -0.25) is 9.69 Å². The maximum Gasteiger partial charge on any atom is 0.243 e. The smallest absolute Gasteiger partial charge is 0.243 e. The van der Waals surface area contributed by atoms with E-state index in [-0.39, 0.29) is 18.5 Å². The number of likely N-dealkylation sites (N-methyl/N-ethyl adjacent to an activating group) is 1. The molecule has 3 rings (SSSR count). The molecule has 2 aromatic rings. The van der Waals surface area contributed by atoms with Crippen molar-refractivity contribution in [2.45, 2.75) is 25.3 Å². The fourth-order valence-electron chi connectivity index (χ4n) is 3.75. The van der Waals surface area contributed by atoms with E-state index in [1.165, 1.54) is 18.4 Å². The molecular weight excluding hydrogens is 406 g/mol. The normalized spacial score (nSPS) is 15.4. The highest BCUT2D eigenvalue weighted by atomic mass is 16.5. The number of hydrogen-bond donors (Lipinski definition) is 2. The number of carbonyl (C=O) groups excluding carboxylic acids is 1. The second kappa shape index (κ2) is 12.1. The predicted octanol–water partition coefficient (Wildman–Crippen LogP) is 2.29. The molecule has 1 aliphatic rings. The molecule has 1 atom stereocenters. The van der Waals surface area contributed by atoms with Crippen LogP contribution >= 0.6 is 0 Å². The van der Waals surface area contributed by atoms with Gasteiger partial charge < -0.3 is 24.7 Å². The van der Waals surface area contributed by atoms with Crippen LogP contribution in [0.1, 0.15) is 30.2 Å². The lowest BCUT2D eigenvalue weighted by Crippen LogP contribution is -2.43. The Balaban J connectivity index is 1.67. The first-order chi connectivity index (χ1) is 15.6. The minimum absolute atomic E-state index is 0.0385. The number of nitrogens with one attached hydrogen (secondary N) is 2. The standard InChI is InChI=1S/C24H35N5O3/c1-28(2)23(30)18-27-24(25-13-12-21-7-6-16-32-21)26-17-22(29-14-4-5-15-29)19-8-10-20(31-3)11-9-19/h6-11,16,22H,4-5,12-15,17-18H2,1-3H3,(H2,25,26,27). The molecule has 0 aliphatic carbocycles. The van der Waals surface area contributed by atoms with Crippen molar-refractivity contribution in [2.75, 3.05) is 53.9 Å². The minimum atomic E-state index is -0.0385. The van der Waals surface area contributed by atoms with Gasteiger partial charge in [-0.05, 0) is 55.8 Å². The van der Waals surface area contributed by atoms with Crippen molar-refractivity contribution in [3.05, 3.63) is 54.0 Å². The number of hydrogen-bond acceptors (Lipinski definition) is 5. The highest BCUT2D eigenvalue weighted by Crippen LogP contribution is 2.26. The molecule has 2 heterocycles. The zero-order valence-electron chi connectivity index (χ0n) is 19.3. The van der Waals surface area contributed by atoms with E-state index in [2.05, 4.69) is 32.7 Å².